The quantitative estimate of drug-likeness (QED) is 0.737. The Kier molecular flexibility index (Phi) is 3.79. The van der Waals surface area contributed by atoms with E-state index in [0.717, 1.165) is 16.8 Å². The highest BCUT2D eigenvalue weighted by Gasteiger charge is 2.15. The summed E-state index contributed by atoms with van der Waals surface area (Å²) >= 11 is 5.68. The Morgan fingerprint density at radius 3 is 2.67 bits per heavy atom. The molecule has 3 heterocycles. The molecule has 7 heteroatoms. The number of hydrogen-bond acceptors (Lipinski definition) is 6. The second-order valence-electron chi connectivity index (χ2n) is 4.28. The number of halogens is 1. The summed E-state index contributed by atoms with van der Waals surface area (Å²) in [5.74, 6) is 1.09. The van der Waals surface area contributed by atoms with E-state index >= 15 is 0 Å². The maximum absolute atomic E-state index is 5.68. The maximum atomic E-state index is 5.68. The van der Waals surface area contributed by atoms with Gasteiger partial charge in [-0.3, -0.25) is 4.98 Å². The van der Waals surface area contributed by atoms with E-state index in [-0.39, 0.29) is 6.61 Å². The maximum Gasteiger partial charge on any atom is 0.233 e. The number of aromatic nitrogens is 4. The molecule has 0 amide bonds. The summed E-state index contributed by atoms with van der Waals surface area (Å²) in [5, 5.41) is 12.0. The molecule has 0 fully saturated rings. The molecule has 0 N–H and O–H groups in total. The Balaban J connectivity index is 1.82. The topological polar surface area (TPSA) is 73.9 Å². The largest absolute Gasteiger partial charge is 0.472 e. The van der Waals surface area contributed by atoms with E-state index in [1.165, 1.54) is 0 Å². The Bertz CT molecular complexity index is 728. The first-order valence-corrected chi connectivity index (χ1v) is 6.59. The van der Waals surface area contributed by atoms with Crippen LogP contribution in [0.25, 0.3) is 11.3 Å². The van der Waals surface area contributed by atoms with Gasteiger partial charge in [-0.2, -0.15) is 0 Å². The van der Waals surface area contributed by atoms with Crippen LogP contribution in [0.4, 0.5) is 0 Å². The zero-order valence-corrected chi connectivity index (χ0v) is 11.9. The van der Waals surface area contributed by atoms with Gasteiger partial charge >= 0.3 is 0 Å². The number of pyridine rings is 1. The molecule has 0 aliphatic carbocycles. The molecule has 6 nitrogen and oxygen atoms in total. The first-order valence-electron chi connectivity index (χ1n) is 6.21. The molecule has 0 aromatic carbocycles. The van der Waals surface area contributed by atoms with Crippen LogP contribution in [-0.4, -0.2) is 20.3 Å². The van der Waals surface area contributed by atoms with Gasteiger partial charge in [0, 0.05) is 24.0 Å². The molecular weight excluding hydrogens is 292 g/mol. The van der Waals surface area contributed by atoms with E-state index < -0.39 is 0 Å². The average molecular weight is 303 g/mol. The summed E-state index contributed by atoms with van der Waals surface area (Å²) in [5.41, 5.74) is 2.51. The Labute approximate surface area is 125 Å². The Morgan fingerprint density at radius 1 is 1.14 bits per heavy atom. The highest BCUT2D eigenvalue weighted by molar-refractivity contribution is 6.29. The summed E-state index contributed by atoms with van der Waals surface area (Å²) in [6, 6.07) is 7.00. The van der Waals surface area contributed by atoms with Gasteiger partial charge in [-0.15, -0.1) is 10.2 Å². The molecule has 0 aliphatic heterocycles. The van der Waals surface area contributed by atoms with Crippen molar-refractivity contribution in [3.63, 3.8) is 0 Å². The highest BCUT2D eigenvalue weighted by Crippen LogP contribution is 2.25. The number of ether oxygens (including phenoxy) is 1. The van der Waals surface area contributed by atoms with Gasteiger partial charge in [-0.1, -0.05) is 16.8 Å². The van der Waals surface area contributed by atoms with E-state index in [1.807, 2.05) is 19.1 Å². The van der Waals surface area contributed by atoms with Crippen molar-refractivity contribution in [2.45, 2.75) is 13.5 Å². The molecule has 106 valence electrons. The van der Waals surface area contributed by atoms with E-state index in [2.05, 4.69) is 20.3 Å². The molecule has 0 atom stereocenters. The Hall–Kier alpha value is -2.47. The lowest BCUT2D eigenvalue weighted by Crippen LogP contribution is -2.00. The number of aryl methyl sites for hydroxylation is 1. The van der Waals surface area contributed by atoms with Gasteiger partial charge in [-0.05, 0) is 25.1 Å². The van der Waals surface area contributed by atoms with Gasteiger partial charge in [0.2, 0.25) is 5.88 Å². The van der Waals surface area contributed by atoms with Gasteiger partial charge in [0.1, 0.15) is 18.1 Å². The summed E-state index contributed by atoms with van der Waals surface area (Å²) in [6.45, 7) is 2.12. The number of hydrogen-bond donors (Lipinski definition) is 0. The van der Waals surface area contributed by atoms with Crippen molar-refractivity contribution >= 4 is 11.6 Å². The SMILES string of the molecule is Cc1onc(-c2ccncc2)c1COc1ccc(Cl)nn1. The summed E-state index contributed by atoms with van der Waals surface area (Å²) in [7, 11) is 0. The van der Waals surface area contributed by atoms with E-state index in [1.54, 1.807) is 24.5 Å². The highest BCUT2D eigenvalue weighted by atomic mass is 35.5. The standard InChI is InChI=1S/C14H11ClN4O2/c1-9-11(8-20-13-3-2-12(15)17-18-13)14(19-21-9)10-4-6-16-7-5-10/h2-7H,8H2,1H3. The molecule has 3 aromatic rings. The fraction of sp³-hybridized carbons (Fsp3) is 0.143. The van der Waals surface area contributed by atoms with Crippen LogP contribution in [0.2, 0.25) is 5.15 Å². The van der Waals surface area contributed by atoms with Crippen LogP contribution in [0, 0.1) is 6.92 Å². The van der Waals surface area contributed by atoms with Crippen molar-refractivity contribution in [2.24, 2.45) is 0 Å². The molecule has 0 unspecified atom stereocenters. The minimum Gasteiger partial charge on any atom is -0.472 e. The summed E-state index contributed by atoms with van der Waals surface area (Å²) in [4.78, 5) is 3.99. The van der Waals surface area contributed by atoms with Crippen molar-refractivity contribution in [3.8, 4) is 17.1 Å². The Morgan fingerprint density at radius 2 is 1.95 bits per heavy atom. The molecule has 3 rings (SSSR count). The average Bonchev–Trinajstić information content (AvgIpc) is 2.89. The molecular formula is C14H11ClN4O2. The van der Waals surface area contributed by atoms with Gasteiger partial charge in [0.25, 0.3) is 0 Å². The van der Waals surface area contributed by atoms with Crippen molar-refractivity contribution in [1.82, 2.24) is 20.3 Å². The van der Waals surface area contributed by atoms with Crippen LogP contribution < -0.4 is 4.74 Å². The fourth-order valence-corrected chi connectivity index (χ4v) is 1.93. The van der Waals surface area contributed by atoms with Crippen LogP contribution in [0.5, 0.6) is 5.88 Å². The van der Waals surface area contributed by atoms with Crippen LogP contribution in [0.15, 0.2) is 41.2 Å². The molecule has 0 aliphatic rings. The van der Waals surface area contributed by atoms with Crippen molar-refractivity contribution in [2.75, 3.05) is 0 Å². The number of rotatable bonds is 4. The lowest BCUT2D eigenvalue weighted by molar-refractivity contribution is 0.287. The molecule has 3 aromatic heterocycles. The van der Waals surface area contributed by atoms with Crippen LogP contribution >= 0.6 is 11.6 Å². The van der Waals surface area contributed by atoms with E-state index in [4.69, 9.17) is 20.9 Å². The smallest absolute Gasteiger partial charge is 0.233 e. The predicted molar refractivity (Wildman–Crippen MR) is 75.8 cm³/mol. The number of nitrogens with zero attached hydrogens (tertiary/aromatic N) is 4. The van der Waals surface area contributed by atoms with Crippen LogP contribution in [-0.2, 0) is 6.61 Å². The molecule has 0 saturated carbocycles. The molecule has 0 radical (unpaired) electrons. The zero-order valence-electron chi connectivity index (χ0n) is 11.2. The minimum absolute atomic E-state index is 0.281. The molecule has 0 bridgehead atoms. The van der Waals surface area contributed by atoms with Gasteiger partial charge < -0.3 is 9.26 Å². The fourth-order valence-electron chi connectivity index (χ4n) is 1.82. The second-order valence-corrected chi connectivity index (χ2v) is 4.67. The molecule has 0 spiro atoms. The van der Waals surface area contributed by atoms with E-state index in [0.29, 0.717) is 16.8 Å². The lowest BCUT2D eigenvalue weighted by Gasteiger charge is -2.05. The van der Waals surface area contributed by atoms with Crippen molar-refractivity contribution in [1.29, 1.82) is 0 Å². The first kappa shape index (κ1) is 13.5. The third-order valence-corrected chi connectivity index (χ3v) is 3.11. The van der Waals surface area contributed by atoms with Gasteiger partial charge in [-0.25, -0.2) is 0 Å². The molecule has 0 saturated heterocycles. The summed E-state index contributed by atoms with van der Waals surface area (Å²) in [6.07, 6.45) is 3.41. The third kappa shape index (κ3) is 3.00. The lowest BCUT2D eigenvalue weighted by atomic mass is 10.1. The third-order valence-electron chi connectivity index (χ3n) is 2.91. The summed E-state index contributed by atoms with van der Waals surface area (Å²) < 4.78 is 10.9. The zero-order chi connectivity index (χ0) is 14.7. The second kappa shape index (κ2) is 5.88. The van der Waals surface area contributed by atoms with E-state index in [9.17, 15) is 0 Å². The van der Waals surface area contributed by atoms with Crippen molar-refractivity contribution < 1.29 is 9.26 Å². The predicted octanol–water partition coefficient (Wildman–Crippen LogP) is 3.07. The van der Waals surface area contributed by atoms with Crippen molar-refractivity contribution in [3.05, 3.63) is 53.1 Å². The minimum atomic E-state index is 0.281. The van der Waals surface area contributed by atoms with Gasteiger partial charge in [0.15, 0.2) is 5.15 Å². The molecule has 21 heavy (non-hydrogen) atoms. The van der Waals surface area contributed by atoms with Crippen LogP contribution in [0.1, 0.15) is 11.3 Å². The first-order chi connectivity index (χ1) is 10.2. The monoisotopic (exact) mass is 302 g/mol. The van der Waals surface area contributed by atoms with Gasteiger partial charge in [0.05, 0.1) is 5.56 Å². The normalized spacial score (nSPS) is 10.6. The van der Waals surface area contributed by atoms with Crippen LogP contribution in [0.3, 0.4) is 0 Å².